The van der Waals surface area contributed by atoms with E-state index in [2.05, 4.69) is 0 Å². The van der Waals surface area contributed by atoms with E-state index in [1.54, 1.807) is 14.2 Å². The van der Waals surface area contributed by atoms with Crippen LogP contribution in [0.3, 0.4) is 0 Å². The van der Waals surface area contributed by atoms with Crippen molar-refractivity contribution in [2.45, 2.75) is 31.8 Å². The minimum atomic E-state index is 0.150. The van der Waals surface area contributed by atoms with Gasteiger partial charge in [0.05, 0.1) is 14.2 Å². The lowest BCUT2D eigenvalue weighted by Gasteiger charge is -2.32. The molecule has 1 aliphatic heterocycles. The Kier molecular flexibility index (Phi) is 6.58. The quantitative estimate of drug-likeness (QED) is 0.747. The predicted octanol–water partition coefficient (Wildman–Crippen LogP) is 3.71. The summed E-state index contributed by atoms with van der Waals surface area (Å²) in [6.07, 6.45) is 3.06. The van der Waals surface area contributed by atoms with E-state index in [1.165, 1.54) is 0 Å². The van der Waals surface area contributed by atoms with Gasteiger partial charge in [-0.3, -0.25) is 4.79 Å². The zero-order valence-electron chi connectivity index (χ0n) is 16.0. The van der Waals surface area contributed by atoms with E-state index >= 15 is 0 Å². The summed E-state index contributed by atoms with van der Waals surface area (Å²) in [5.74, 6) is 2.70. The van der Waals surface area contributed by atoms with Crippen LogP contribution in [0.4, 0.5) is 0 Å². The van der Waals surface area contributed by atoms with E-state index in [4.69, 9.17) is 14.2 Å². The fourth-order valence-corrected chi connectivity index (χ4v) is 3.38. The van der Waals surface area contributed by atoms with E-state index in [0.717, 1.165) is 48.7 Å². The van der Waals surface area contributed by atoms with Crippen LogP contribution >= 0.6 is 0 Å². The van der Waals surface area contributed by atoms with Gasteiger partial charge in [-0.1, -0.05) is 18.2 Å². The average molecular weight is 369 g/mol. The van der Waals surface area contributed by atoms with Crippen molar-refractivity contribution in [1.82, 2.24) is 4.90 Å². The van der Waals surface area contributed by atoms with Crippen molar-refractivity contribution in [3.05, 3.63) is 54.1 Å². The number of hydrogen-bond acceptors (Lipinski definition) is 4. The Morgan fingerprint density at radius 3 is 2.30 bits per heavy atom. The molecule has 0 radical (unpaired) electrons. The number of methoxy groups -OCH3 is 2. The maximum Gasteiger partial charge on any atom is 0.222 e. The Hall–Kier alpha value is -2.69. The van der Waals surface area contributed by atoms with Gasteiger partial charge in [0.2, 0.25) is 5.91 Å². The molecule has 0 atom stereocenters. The van der Waals surface area contributed by atoms with Gasteiger partial charge in [0.25, 0.3) is 0 Å². The zero-order valence-corrected chi connectivity index (χ0v) is 16.0. The third-order valence-electron chi connectivity index (χ3n) is 4.96. The van der Waals surface area contributed by atoms with E-state index in [9.17, 15) is 4.79 Å². The van der Waals surface area contributed by atoms with Crippen LogP contribution in [-0.2, 0) is 11.2 Å². The smallest absolute Gasteiger partial charge is 0.222 e. The second-order valence-corrected chi connectivity index (χ2v) is 6.69. The van der Waals surface area contributed by atoms with Crippen LogP contribution in [0.2, 0.25) is 0 Å². The second kappa shape index (κ2) is 9.31. The molecule has 0 bridgehead atoms. The highest BCUT2D eigenvalue weighted by Crippen LogP contribution is 2.23. The maximum absolute atomic E-state index is 12.5. The molecule has 1 aliphatic rings. The average Bonchev–Trinajstić information content (AvgIpc) is 2.73. The van der Waals surface area contributed by atoms with Gasteiger partial charge < -0.3 is 19.1 Å². The number of aryl methyl sites for hydroxylation is 1. The molecule has 27 heavy (non-hydrogen) atoms. The molecule has 0 spiro atoms. The third-order valence-corrected chi connectivity index (χ3v) is 4.96. The summed E-state index contributed by atoms with van der Waals surface area (Å²) in [4.78, 5) is 14.5. The standard InChI is InChI=1S/C22H27NO4/c1-25-18-8-10-19(11-9-18)27-20-13-15-23(16-14-20)22(24)12-7-17-5-3-4-6-21(17)26-2/h3-6,8-11,20H,7,12-16H2,1-2H3. The first-order chi connectivity index (χ1) is 13.2. The van der Waals surface area contributed by atoms with Crippen LogP contribution < -0.4 is 14.2 Å². The molecule has 144 valence electrons. The van der Waals surface area contributed by atoms with Crippen molar-refractivity contribution in [1.29, 1.82) is 0 Å². The van der Waals surface area contributed by atoms with Crippen molar-refractivity contribution < 1.29 is 19.0 Å². The van der Waals surface area contributed by atoms with Crippen molar-refractivity contribution in [3.63, 3.8) is 0 Å². The van der Waals surface area contributed by atoms with Crippen molar-refractivity contribution >= 4 is 5.91 Å². The molecule has 3 rings (SSSR count). The van der Waals surface area contributed by atoms with Gasteiger partial charge in [-0.25, -0.2) is 0 Å². The van der Waals surface area contributed by atoms with Gasteiger partial charge in [-0.2, -0.15) is 0 Å². The van der Waals surface area contributed by atoms with Gasteiger partial charge >= 0.3 is 0 Å². The number of amides is 1. The number of carbonyl (C=O) groups excluding carboxylic acids is 1. The molecule has 0 saturated carbocycles. The maximum atomic E-state index is 12.5. The van der Waals surface area contributed by atoms with Crippen LogP contribution in [0.15, 0.2) is 48.5 Å². The van der Waals surface area contributed by atoms with Gasteiger partial charge in [0.1, 0.15) is 23.4 Å². The molecule has 1 saturated heterocycles. The van der Waals surface area contributed by atoms with E-state index in [1.807, 2.05) is 53.4 Å². The summed E-state index contributed by atoms with van der Waals surface area (Å²) in [6.45, 7) is 1.48. The molecule has 0 aliphatic carbocycles. The van der Waals surface area contributed by atoms with Crippen molar-refractivity contribution in [2.75, 3.05) is 27.3 Å². The molecule has 1 amide bonds. The number of para-hydroxylation sites is 1. The molecular weight excluding hydrogens is 342 g/mol. The molecule has 2 aromatic rings. The highest BCUT2D eigenvalue weighted by atomic mass is 16.5. The minimum Gasteiger partial charge on any atom is -0.497 e. The van der Waals surface area contributed by atoms with Crippen molar-refractivity contribution in [3.8, 4) is 17.2 Å². The number of carbonyl (C=O) groups is 1. The normalized spacial score (nSPS) is 14.7. The first kappa shape index (κ1) is 19.1. The third kappa shape index (κ3) is 5.16. The largest absolute Gasteiger partial charge is 0.497 e. The highest BCUT2D eigenvalue weighted by molar-refractivity contribution is 5.76. The Bertz CT molecular complexity index is 736. The van der Waals surface area contributed by atoms with Crippen LogP contribution in [-0.4, -0.2) is 44.2 Å². The van der Waals surface area contributed by atoms with E-state index in [0.29, 0.717) is 12.8 Å². The lowest BCUT2D eigenvalue weighted by molar-refractivity contribution is -0.132. The topological polar surface area (TPSA) is 48.0 Å². The monoisotopic (exact) mass is 369 g/mol. The van der Waals surface area contributed by atoms with Gasteiger partial charge in [0, 0.05) is 32.4 Å². The Labute approximate surface area is 160 Å². The number of likely N-dealkylation sites (tertiary alicyclic amines) is 1. The number of hydrogen-bond donors (Lipinski definition) is 0. The fraction of sp³-hybridized carbons (Fsp3) is 0.409. The predicted molar refractivity (Wildman–Crippen MR) is 105 cm³/mol. The Morgan fingerprint density at radius 2 is 1.63 bits per heavy atom. The van der Waals surface area contributed by atoms with E-state index in [-0.39, 0.29) is 12.0 Å². The summed E-state index contributed by atoms with van der Waals surface area (Å²) < 4.78 is 16.6. The van der Waals surface area contributed by atoms with Crippen LogP contribution in [0, 0.1) is 0 Å². The molecular formula is C22H27NO4. The first-order valence-corrected chi connectivity index (χ1v) is 9.40. The van der Waals surface area contributed by atoms with E-state index < -0.39 is 0 Å². The minimum absolute atomic E-state index is 0.150. The molecule has 2 aromatic carbocycles. The lowest BCUT2D eigenvalue weighted by atomic mass is 10.0. The number of ether oxygens (including phenoxy) is 3. The molecule has 0 N–H and O–H groups in total. The van der Waals surface area contributed by atoms with Crippen LogP contribution in [0.1, 0.15) is 24.8 Å². The zero-order chi connectivity index (χ0) is 19.1. The van der Waals surface area contributed by atoms with Gasteiger partial charge in [-0.05, 0) is 42.3 Å². The van der Waals surface area contributed by atoms with Gasteiger partial charge in [-0.15, -0.1) is 0 Å². The summed E-state index contributed by atoms with van der Waals surface area (Å²) in [5, 5.41) is 0. The summed E-state index contributed by atoms with van der Waals surface area (Å²) in [5.41, 5.74) is 1.08. The number of rotatable bonds is 7. The highest BCUT2D eigenvalue weighted by Gasteiger charge is 2.24. The van der Waals surface area contributed by atoms with Crippen LogP contribution in [0.5, 0.6) is 17.2 Å². The van der Waals surface area contributed by atoms with Crippen molar-refractivity contribution in [2.24, 2.45) is 0 Å². The SMILES string of the molecule is COc1ccc(OC2CCN(C(=O)CCc3ccccc3OC)CC2)cc1. The lowest BCUT2D eigenvalue weighted by Crippen LogP contribution is -2.41. The summed E-state index contributed by atoms with van der Waals surface area (Å²) in [6, 6.07) is 15.5. The number of benzene rings is 2. The molecule has 0 aromatic heterocycles. The summed E-state index contributed by atoms with van der Waals surface area (Å²) >= 11 is 0. The summed E-state index contributed by atoms with van der Waals surface area (Å²) in [7, 11) is 3.31. The number of nitrogens with zero attached hydrogens (tertiary/aromatic N) is 1. The molecule has 5 heteroatoms. The fourth-order valence-electron chi connectivity index (χ4n) is 3.38. The molecule has 1 heterocycles. The first-order valence-electron chi connectivity index (χ1n) is 9.40. The molecule has 1 fully saturated rings. The molecule has 5 nitrogen and oxygen atoms in total. The number of piperidine rings is 1. The second-order valence-electron chi connectivity index (χ2n) is 6.69. The van der Waals surface area contributed by atoms with Crippen LogP contribution in [0.25, 0.3) is 0 Å². The Morgan fingerprint density at radius 1 is 0.963 bits per heavy atom. The Balaban J connectivity index is 1.44. The molecule has 0 unspecified atom stereocenters. The van der Waals surface area contributed by atoms with Gasteiger partial charge in [0.15, 0.2) is 0 Å².